The molecule has 0 amide bonds. The number of anilines is 1. The average molecular weight is 268 g/mol. The minimum atomic E-state index is 0.213. The third-order valence-electron chi connectivity index (χ3n) is 1.85. The highest BCUT2D eigenvalue weighted by molar-refractivity contribution is 7.99. The first-order valence-corrected chi connectivity index (χ1v) is 5.92. The van der Waals surface area contributed by atoms with E-state index in [1.54, 1.807) is 11.7 Å². The Morgan fingerprint density at radius 2 is 2.28 bits per heavy atom. The number of nitrogens with one attached hydrogen (secondary N) is 1. The zero-order valence-corrected chi connectivity index (χ0v) is 10.7. The summed E-state index contributed by atoms with van der Waals surface area (Å²) in [6.07, 6.45) is 1.45. The SMILES string of the molecule is CCOc1nc(NN)nc(Sc2ncnn2C)n1. The zero-order chi connectivity index (χ0) is 13.0. The maximum absolute atomic E-state index is 5.29. The standard InChI is InChI=1S/C8H12N8OS/c1-3-17-6-12-5(15-9)13-7(14-6)18-8-10-4-11-16(8)2/h4H,3,9H2,1-2H3,(H,12,13,14,15). The number of nitrogens with zero attached hydrogens (tertiary/aromatic N) is 6. The second kappa shape index (κ2) is 5.60. The molecule has 0 aliphatic heterocycles. The number of rotatable bonds is 5. The Hall–Kier alpha value is -1.94. The van der Waals surface area contributed by atoms with Crippen LogP contribution in [0.4, 0.5) is 5.95 Å². The van der Waals surface area contributed by atoms with Crippen molar-refractivity contribution in [1.29, 1.82) is 0 Å². The maximum atomic E-state index is 5.29. The number of aryl methyl sites for hydroxylation is 1. The number of aromatic nitrogens is 6. The summed E-state index contributed by atoms with van der Waals surface area (Å²) in [6.45, 7) is 2.30. The largest absolute Gasteiger partial charge is 0.464 e. The van der Waals surface area contributed by atoms with E-state index in [1.165, 1.54) is 18.1 Å². The predicted octanol–water partition coefficient (Wildman–Crippen LogP) is -0.164. The third-order valence-corrected chi connectivity index (χ3v) is 2.77. The van der Waals surface area contributed by atoms with Crippen LogP contribution in [0.3, 0.4) is 0 Å². The lowest BCUT2D eigenvalue weighted by atomic mass is 10.8. The molecule has 0 aromatic carbocycles. The highest BCUT2D eigenvalue weighted by atomic mass is 32.2. The first-order valence-electron chi connectivity index (χ1n) is 5.10. The summed E-state index contributed by atoms with van der Waals surface area (Å²) in [7, 11) is 1.78. The summed E-state index contributed by atoms with van der Waals surface area (Å²) in [5.41, 5.74) is 2.36. The molecule has 2 heterocycles. The van der Waals surface area contributed by atoms with E-state index in [-0.39, 0.29) is 12.0 Å². The molecule has 0 aliphatic carbocycles. The summed E-state index contributed by atoms with van der Waals surface area (Å²) in [5.74, 6) is 5.52. The molecule has 2 aromatic heterocycles. The van der Waals surface area contributed by atoms with Crippen molar-refractivity contribution in [3.63, 3.8) is 0 Å². The number of nitrogen functional groups attached to an aromatic ring is 1. The lowest BCUT2D eigenvalue weighted by Crippen LogP contribution is -2.13. The van der Waals surface area contributed by atoms with Crippen LogP contribution in [0.15, 0.2) is 16.6 Å². The van der Waals surface area contributed by atoms with E-state index in [0.717, 1.165) is 0 Å². The van der Waals surface area contributed by atoms with Crippen LogP contribution in [-0.2, 0) is 7.05 Å². The first-order chi connectivity index (χ1) is 8.72. The van der Waals surface area contributed by atoms with Gasteiger partial charge in [-0.25, -0.2) is 15.5 Å². The minimum Gasteiger partial charge on any atom is -0.464 e. The van der Waals surface area contributed by atoms with Crippen molar-refractivity contribution >= 4 is 17.7 Å². The van der Waals surface area contributed by atoms with Crippen LogP contribution in [0.25, 0.3) is 0 Å². The highest BCUT2D eigenvalue weighted by Crippen LogP contribution is 2.23. The van der Waals surface area contributed by atoms with Gasteiger partial charge in [-0.2, -0.15) is 20.1 Å². The fourth-order valence-electron chi connectivity index (χ4n) is 1.10. The van der Waals surface area contributed by atoms with Crippen LogP contribution < -0.4 is 16.0 Å². The Morgan fingerprint density at radius 3 is 2.89 bits per heavy atom. The van der Waals surface area contributed by atoms with Gasteiger partial charge < -0.3 is 4.74 Å². The van der Waals surface area contributed by atoms with Crippen molar-refractivity contribution < 1.29 is 4.74 Å². The van der Waals surface area contributed by atoms with E-state index in [2.05, 4.69) is 30.5 Å². The van der Waals surface area contributed by atoms with Crippen molar-refractivity contribution in [2.24, 2.45) is 12.9 Å². The van der Waals surface area contributed by atoms with E-state index in [4.69, 9.17) is 10.6 Å². The molecule has 0 unspecified atom stereocenters. The van der Waals surface area contributed by atoms with E-state index >= 15 is 0 Å². The molecule has 96 valence electrons. The molecule has 2 aromatic rings. The molecule has 9 nitrogen and oxygen atoms in total. The van der Waals surface area contributed by atoms with Crippen molar-refractivity contribution in [2.45, 2.75) is 17.2 Å². The van der Waals surface area contributed by atoms with Gasteiger partial charge in [0.1, 0.15) is 6.33 Å². The molecule has 2 rings (SSSR count). The Bertz CT molecular complexity index is 530. The molecule has 0 fully saturated rings. The number of hydrogen-bond acceptors (Lipinski definition) is 9. The summed E-state index contributed by atoms with van der Waals surface area (Å²) < 4.78 is 6.84. The normalized spacial score (nSPS) is 10.4. The van der Waals surface area contributed by atoms with Gasteiger partial charge in [0.25, 0.3) is 0 Å². The summed E-state index contributed by atoms with van der Waals surface area (Å²) in [6, 6.07) is 0.213. The van der Waals surface area contributed by atoms with Crippen molar-refractivity contribution in [3.05, 3.63) is 6.33 Å². The van der Waals surface area contributed by atoms with Gasteiger partial charge in [-0.05, 0) is 18.7 Å². The minimum absolute atomic E-state index is 0.213. The van der Waals surface area contributed by atoms with Crippen molar-refractivity contribution in [1.82, 2.24) is 29.7 Å². The number of hydrazine groups is 1. The number of nitrogens with two attached hydrogens (primary N) is 1. The maximum Gasteiger partial charge on any atom is 0.322 e. The van der Waals surface area contributed by atoms with Gasteiger partial charge in [0.05, 0.1) is 6.61 Å². The molecular formula is C8H12N8OS. The van der Waals surface area contributed by atoms with E-state index < -0.39 is 0 Å². The lowest BCUT2D eigenvalue weighted by molar-refractivity contribution is 0.308. The summed E-state index contributed by atoms with van der Waals surface area (Å²) in [4.78, 5) is 16.2. The molecule has 10 heteroatoms. The molecule has 0 radical (unpaired) electrons. The van der Waals surface area contributed by atoms with Gasteiger partial charge in [0, 0.05) is 7.05 Å². The predicted molar refractivity (Wildman–Crippen MR) is 63.9 cm³/mol. The first kappa shape index (κ1) is 12.5. The molecule has 0 saturated carbocycles. The number of ether oxygens (including phenoxy) is 1. The molecule has 0 atom stereocenters. The molecule has 0 aliphatic rings. The van der Waals surface area contributed by atoms with Gasteiger partial charge in [-0.3, -0.25) is 5.43 Å². The van der Waals surface area contributed by atoms with E-state index in [0.29, 0.717) is 16.9 Å². The fraction of sp³-hybridized carbons (Fsp3) is 0.375. The van der Waals surface area contributed by atoms with Crippen LogP contribution >= 0.6 is 11.8 Å². The monoisotopic (exact) mass is 268 g/mol. The van der Waals surface area contributed by atoms with Crippen LogP contribution in [0.5, 0.6) is 6.01 Å². The zero-order valence-electron chi connectivity index (χ0n) is 9.86. The van der Waals surface area contributed by atoms with E-state index in [9.17, 15) is 0 Å². The summed E-state index contributed by atoms with van der Waals surface area (Å²) in [5, 5.41) is 5.04. The quantitative estimate of drug-likeness (QED) is 0.563. The molecule has 0 bridgehead atoms. The topological polar surface area (TPSA) is 117 Å². The second-order valence-electron chi connectivity index (χ2n) is 3.07. The Morgan fingerprint density at radius 1 is 1.44 bits per heavy atom. The third kappa shape index (κ3) is 2.84. The Balaban J connectivity index is 2.26. The van der Waals surface area contributed by atoms with Gasteiger partial charge in [-0.1, -0.05) is 0 Å². The van der Waals surface area contributed by atoms with E-state index in [1.807, 2.05) is 6.92 Å². The van der Waals surface area contributed by atoms with Crippen LogP contribution in [0, 0.1) is 0 Å². The molecule has 18 heavy (non-hydrogen) atoms. The van der Waals surface area contributed by atoms with Gasteiger partial charge in [0.2, 0.25) is 11.1 Å². The molecular weight excluding hydrogens is 256 g/mol. The molecule has 3 N–H and O–H groups in total. The molecule has 0 spiro atoms. The van der Waals surface area contributed by atoms with Gasteiger partial charge >= 0.3 is 6.01 Å². The van der Waals surface area contributed by atoms with Crippen molar-refractivity contribution in [3.8, 4) is 6.01 Å². The van der Waals surface area contributed by atoms with Gasteiger partial charge in [-0.15, -0.1) is 0 Å². The molecule has 0 saturated heterocycles. The van der Waals surface area contributed by atoms with Crippen molar-refractivity contribution in [2.75, 3.05) is 12.0 Å². The highest BCUT2D eigenvalue weighted by Gasteiger charge is 2.11. The number of hydrogen-bond donors (Lipinski definition) is 2. The van der Waals surface area contributed by atoms with Crippen LogP contribution in [-0.4, -0.2) is 36.3 Å². The van der Waals surface area contributed by atoms with Crippen LogP contribution in [0.1, 0.15) is 6.92 Å². The van der Waals surface area contributed by atoms with Gasteiger partial charge in [0.15, 0.2) is 5.16 Å². The fourth-order valence-corrected chi connectivity index (χ4v) is 1.80. The smallest absolute Gasteiger partial charge is 0.322 e. The van der Waals surface area contributed by atoms with Crippen LogP contribution in [0.2, 0.25) is 0 Å². The summed E-state index contributed by atoms with van der Waals surface area (Å²) >= 11 is 1.24. The Labute approximate surface area is 107 Å². The average Bonchev–Trinajstić information content (AvgIpc) is 2.75. The Kier molecular flexibility index (Phi) is 3.89. The lowest BCUT2D eigenvalue weighted by Gasteiger charge is -2.05. The second-order valence-corrected chi connectivity index (χ2v) is 4.00.